The molecule has 0 radical (unpaired) electrons. The average Bonchev–Trinajstić information content (AvgIpc) is 2.57. The second-order valence-electron chi connectivity index (χ2n) is 5.16. The quantitative estimate of drug-likeness (QED) is 0.612. The van der Waals surface area contributed by atoms with Crippen molar-refractivity contribution in [3.8, 4) is 0 Å². The Morgan fingerprint density at radius 3 is 2.58 bits per heavy atom. The van der Waals surface area contributed by atoms with Crippen LogP contribution in [0, 0.1) is 5.82 Å². The van der Waals surface area contributed by atoms with Gasteiger partial charge in [0.1, 0.15) is 12.4 Å². The van der Waals surface area contributed by atoms with E-state index in [1.54, 1.807) is 36.4 Å². The molecule has 2 aromatic rings. The number of ether oxygens (including phenoxy) is 1. The van der Waals surface area contributed by atoms with Gasteiger partial charge in [-0.3, -0.25) is 9.59 Å². The van der Waals surface area contributed by atoms with Gasteiger partial charge in [0.05, 0.1) is 0 Å². The maximum atomic E-state index is 13.0. The third-order valence-electron chi connectivity index (χ3n) is 3.24. The predicted molar refractivity (Wildman–Crippen MR) is 89.2 cm³/mol. The zero-order chi connectivity index (χ0) is 17.4. The number of esters is 1. The molecule has 4 nitrogen and oxygen atoms in total. The summed E-state index contributed by atoms with van der Waals surface area (Å²) in [4.78, 5) is 23.4. The Hall–Kier alpha value is -2.40. The number of rotatable bonds is 7. The van der Waals surface area contributed by atoms with Crippen molar-refractivity contribution >= 4 is 23.5 Å². The van der Waals surface area contributed by atoms with E-state index in [9.17, 15) is 14.0 Å². The van der Waals surface area contributed by atoms with Crippen LogP contribution in [0.25, 0.3) is 0 Å². The maximum absolute atomic E-state index is 13.0. The van der Waals surface area contributed by atoms with Gasteiger partial charge < -0.3 is 10.1 Å². The van der Waals surface area contributed by atoms with Crippen LogP contribution in [0.5, 0.6) is 0 Å². The van der Waals surface area contributed by atoms with Gasteiger partial charge in [0.25, 0.3) is 5.91 Å². The van der Waals surface area contributed by atoms with Gasteiger partial charge in [0.2, 0.25) is 0 Å². The molecule has 0 saturated carbocycles. The monoisotopic (exact) mass is 349 g/mol. The third-order valence-corrected chi connectivity index (χ3v) is 3.49. The zero-order valence-corrected chi connectivity index (χ0v) is 13.7. The largest absolute Gasteiger partial charge is 0.461 e. The first kappa shape index (κ1) is 17.9. The number of halogens is 2. The Labute approximate surface area is 144 Å². The Balaban J connectivity index is 1.64. The van der Waals surface area contributed by atoms with E-state index in [0.29, 0.717) is 29.1 Å². The lowest BCUT2D eigenvalue weighted by atomic mass is 10.2. The van der Waals surface area contributed by atoms with E-state index in [1.165, 1.54) is 12.1 Å². The lowest BCUT2D eigenvalue weighted by Gasteiger charge is -2.07. The van der Waals surface area contributed by atoms with E-state index < -0.39 is 0 Å². The van der Waals surface area contributed by atoms with Gasteiger partial charge in [-0.15, -0.1) is 0 Å². The van der Waals surface area contributed by atoms with Crippen LogP contribution < -0.4 is 5.32 Å². The Kier molecular flexibility index (Phi) is 6.75. The highest BCUT2D eigenvalue weighted by atomic mass is 35.5. The molecule has 0 unspecified atom stereocenters. The van der Waals surface area contributed by atoms with Crippen LogP contribution in [0.3, 0.4) is 0 Å². The molecule has 0 aliphatic heterocycles. The molecule has 1 N–H and O–H groups in total. The number of hydrogen-bond acceptors (Lipinski definition) is 3. The molecule has 0 saturated heterocycles. The van der Waals surface area contributed by atoms with E-state index in [0.717, 1.165) is 0 Å². The van der Waals surface area contributed by atoms with E-state index >= 15 is 0 Å². The number of hydrogen-bond donors (Lipinski definition) is 1. The molecule has 1 amide bonds. The Morgan fingerprint density at radius 1 is 1.12 bits per heavy atom. The fourth-order valence-electron chi connectivity index (χ4n) is 2.00. The first-order chi connectivity index (χ1) is 11.5. The molecule has 0 aliphatic rings. The van der Waals surface area contributed by atoms with Crippen LogP contribution >= 0.6 is 11.6 Å². The number of benzene rings is 2. The van der Waals surface area contributed by atoms with Crippen molar-refractivity contribution in [2.45, 2.75) is 19.4 Å². The summed E-state index contributed by atoms with van der Waals surface area (Å²) in [5, 5.41) is 3.28. The highest BCUT2D eigenvalue weighted by molar-refractivity contribution is 6.30. The van der Waals surface area contributed by atoms with Gasteiger partial charge in [0.15, 0.2) is 0 Å². The summed E-state index contributed by atoms with van der Waals surface area (Å²) < 4.78 is 18.0. The smallest absolute Gasteiger partial charge is 0.306 e. The van der Waals surface area contributed by atoms with Crippen LogP contribution in [0.1, 0.15) is 28.8 Å². The van der Waals surface area contributed by atoms with Gasteiger partial charge in [-0.2, -0.15) is 0 Å². The SMILES string of the molecule is O=C(CCCNC(=O)c1ccc(Cl)cc1)OCc1cccc(F)c1. The molecule has 2 rings (SSSR count). The number of carbonyl (C=O) groups excluding carboxylic acids is 2. The average molecular weight is 350 g/mol. The molecular formula is C18H17ClFNO3. The lowest BCUT2D eigenvalue weighted by Crippen LogP contribution is -2.24. The third kappa shape index (κ3) is 6.01. The second kappa shape index (κ2) is 9.03. The first-order valence-corrected chi connectivity index (χ1v) is 7.86. The standard InChI is InChI=1S/C18H17ClFNO3/c19-15-8-6-14(7-9-15)18(23)21-10-2-5-17(22)24-12-13-3-1-4-16(20)11-13/h1,3-4,6-9,11H,2,5,10,12H2,(H,21,23). The Morgan fingerprint density at radius 2 is 1.88 bits per heavy atom. The summed E-state index contributed by atoms with van der Waals surface area (Å²) in [6.45, 7) is 0.393. The highest BCUT2D eigenvalue weighted by Crippen LogP contribution is 2.09. The number of nitrogens with one attached hydrogen (secondary N) is 1. The number of amides is 1. The van der Waals surface area contributed by atoms with E-state index in [-0.39, 0.29) is 30.7 Å². The molecule has 0 heterocycles. The van der Waals surface area contributed by atoms with Crippen molar-refractivity contribution in [3.05, 3.63) is 70.5 Å². The molecule has 24 heavy (non-hydrogen) atoms. The summed E-state index contributed by atoms with van der Waals surface area (Å²) in [5.41, 5.74) is 1.10. The minimum absolute atomic E-state index is 0.0354. The second-order valence-corrected chi connectivity index (χ2v) is 5.59. The Bertz CT molecular complexity index is 704. The van der Waals surface area contributed by atoms with Gasteiger partial charge >= 0.3 is 5.97 Å². The zero-order valence-electron chi connectivity index (χ0n) is 12.9. The molecule has 126 valence electrons. The van der Waals surface area contributed by atoms with Gasteiger partial charge in [0, 0.05) is 23.6 Å². The summed E-state index contributed by atoms with van der Waals surface area (Å²) in [6, 6.07) is 12.4. The van der Waals surface area contributed by atoms with Crippen molar-refractivity contribution in [2.24, 2.45) is 0 Å². The molecule has 0 bridgehead atoms. The predicted octanol–water partition coefficient (Wildman–Crippen LogP) is 3.73. The van der Waals surface area contributed by atoms with E-state index in [4.69, 9.17) is 16.3 Å². The molecule has 0 aromatic heterocycles. The number of carbonyl (C=O) groups is 2. The summed E-state index contributed by atoms with van der Waals surface area (Å²) >= 11 is 5.76. The normalized spacial score (nSPS) is 10.2. The minimum atomic E-state index is -0.389. The van der Waals surface area contributed by atoms with Crippen LogP contribution in [-0.4, -0.2) is 18.4 Å². The van der Waals surface area contributed by atoms with Gasteiger partial charge in [-0.1, -0.05) is 23.7 Å². The fraction of sp³-hybridized carbons (Fsp3) is 0.222. The highest BCUT2D eigenvalue weighted by Gasteiger charge is 2.07. The van der Waals surface area contributed by atoms with Crippen LogP contribution in [0.15, 0.2) is 48.5 Å². The van der Waals surface area contributed by atoms with Gasteiger partial charge in [-0.05, 0) is 48.4 Å². The fourth-order valence-corrected chi connectivity index (χ4v) is 2.13. The van der Waals surface area contributed by atoms with Gasteiger partial charge in [-0.25, -0.2) is 4.39 Å². The first-order valence-electron chi connectivity index (χ1n) is 7.48. The maximum Gasteiger partial charge on any atom is 0.306 e. The molecule has 0 atom stereocenters. The van der Waals surface area contributed by atoms with Crippen molar-refractivity contribution in [1.82, 2.24) is 5.32 Å². The molecule has 0 spiro atoms. The van der Waals surface area contributed by atoms with Crippen LogP contribution in [0.2, 0.25) is 5.02 Å². The van der Waals surface area contributed by atoms with E-state index in [1.807, 2.05) is 0 Å². The summed E-state index contributed by atoms with van der Waals surface area (Å²) in [5.74, 6) is -0.978. The molecule has 0 fully saturated rings. The van der Waals surface area contributed by atoms with E-state index in [2.05, 4.69) is 5.32 Å². The lowest BCUT2D eigenvalue weighted by molar-refractivity contribution is -0.145. The van der Waals surface area contributed by atoms with Crippen molar-refractivity contribution in [3.63, 3.8) is 0 Å². The summed E-state index contributed by atoms with van der Waals surface area (Å²) in [7, 11) is 0. The minimum Gasteiger partial charge on any atom is -0.461 e. The molecule has 0 aliphatic carbocycles. The van der Waals surface area contributed by atoms with Crippen LogP contribution in [0.4, 0.5) is 4.39 Å². The molecular weight excluding hydrogens is 333 g/mol. The van der Waals surface area contributed by atoms with Crippen molar-refractivity contribution in [2.75, 3.05) is 6.54 Å². The van der Waals surface area contributed by atoms with Crippen molar-refractivity contribution < 1.29 is 18.7 Å². The molecule has 6 heteroatoms. The van der Waals surface area contributed by atoms with Crippen molar-refractivity contribution in [1.29, 1.82) is 0 Å². The van der Waals surface area contributed by atoms with Crippen LogP contribution in [-0.2, 0) is 16.1 Å². The molecule has 2 aromatic carbocycles. The summed E-state index contributed by atoms with van der Waals surface area (Å²) in [6.07, 6.45) is 0.636. The topological polar surface area (TPSA) is 55.4 Å².